The number of nitriles is 1. The smallest absolute Gasteiger partial charge is 0.126 e. The van der Waals surface area contributed by atoms with Crippen molar-refractivity contribution in [2.24, 2.45) is 0 Å². The van der Waals surface area contributed by atoms with E-state index >= 15 is 0 Å². The van der Waals surface area contributed by atoms with Gasteiger partial charge < -0.3 is 4.74 Å². The first-order chi connectivity index (χ1) is 10.1. The van der Waals surface area contributed by atoms with Gasteiger partial charge in [-0.1, -0.05) is 6.07 Å². The molecule has 2 aliphatic carbocycles. The highest BCUT2D eigenvalue weighted by molar-refractivity contribution is 5.33. The zero-order chi connectivity index (χ0) is 14.9. The van der Waals surface area contributed by atoms with E-state index < -0.39 is 5.54 Å². The minimum Gasteiger partial charge on any atom is -0.490 e. The van der Waals surface area contributed by atoms with Crippen molar-refractivity contribution in [1.82, 2.24) is 5.32 Å². The van der Waals surface area contributed by atoms with Gasteiger partial charge in [-0.3, -0.25) is 5.32 Å². The topological polar surface area (TPSA) is 45.0 Å². The number of nitrogens with one attached hydrogen (secondary N) is 1. The average molecular weight is 288 g/mol. The molecule has 21 heavy (non-hydrogen) atoms. The van der Waals surface area contributed by atoms with E-state index in [0.29, 0.717) is 18.2 Å². The zero-order valence-electron chi connectivity index (χ0n) is 12.4. The number of rotatable bonds is 4. The van der Waals surface area contributed by atoms with E-state index in [-0.39, 0.29) is 11.9 Å². The van der Waals surface area contributed by atoms with Crippen molar-refractivity contribution in [1.29, 1.82) is 5.26 Å². The molecular weight excluding hydrogens is 267 g/mol. The van der Waals surface area contributed by atoms with Crippen molar-refractivity contribution in [3.05, 3.63) is 29.6 Å². The van der Waals surface area contributed by atoms with Gasteiger partial charge in [0.1, 0.15) is 23.2 Å². The first kappa shape index (κ1) is 14.3. The van der Waals surface area contributed by atoms with Crippen LogP contribution in [0.15, 0.2) is 18.2 Å². The maximum atomic E-state index is 13.4. The van der Waals surface area contributed by atoms with Gasteiger partial charge in [-0.2, -0.15) is 5.26 Å². The Bertz CT molecular complexity index is 564. The molecule has 1 aromatic carbocycles. The normalized spacial score (nSPS) is 28.9. The van der Waals surface area contributed by atoms with Crippen molar-refractivity contribution in [2.45, 2.75) is 63.1 Å². The van der Waals surface area contributed by atoms with Gasteiger partial charge in [-0.25, -0.2) is 4.39 Å². The van der Waals surface area contributed by atoms with Crippen LogP contribution in [-0.4, -0.2) is 17.7 Å². The van der Waals surface area contributed by atoms with Gasteiger partial charge in [0.2, 0.25) is 0 Å². The molecule has 0 aromatic heterocycles. The molecule has 3 rings (SSSR count). The lowest BCUT2D eigenvalue weighted by Gasteiger charge is -2.36. The third-order valence-electron chi connectivity index (χ3n) is 4.42. The third kappa shape index (κ3) is 3.36. The molecule has 1 aromatic rings. The molecule has 2 saturated carbocycles. The Labute approximate surface area is 125 Å². The van der Waals surface area contributed by atoms with Gasteiger partial charge >= 0.3 is 0 Å². The molecule has 0 bridgehead atoms. The van der Waals surface area contributed by atoms with Gasteiger partial charge in [-0.15, -0.1) is 0 Å². The number of nitrogens with zero attached hydrogens (tertiary/aromatic N) is 1. The molecule has 0 radical (unpaired) electrons. The summed E-state index contributed by atoms with van der Waals surface area (Å²) in [6, 6.07) is 7.57. The second kappa shape index (κ2) is 5.65. The Balaban J connectivity index is 1.70. The molecule has 0 aliphatic heterocycles. The van der Waals surface area contributed by atoms with Crippen LogP contribution in [-0.2, 0) is 0 Å². The maximum absolute atomic E-state index is 13.4. The summed E-state index contributed by atoms with van der Waals surface area (Å²) in [5.41, 5.74) is 0.463. The Hall–Kier alpha value is -1.60. The quantitative estimate of drug-likeness (QED) is 0.922. The minimum atomic E-state index is -0.467. The molecule has 4 heteroatoms. The molecule has 0 heterocycles. The van der Waals surface area contributed by atoms with Crippen molar-refractivity contribution in [2.75, 3.05) is 0 Å². The molecular formula is C17H21FN2O. The second-order valence-electron chi connectivity index (χ2n) is 6.36. The molecule has 0 spiro atoms. The van der Waals surface area contributed by atoms with Crippen LogP contribution < -0.4 is 10.1 Å². The summed E-state index contributed by atoms with van der Waals surface area (Å²) in [6.45, 7) is 1.91. The van der Waals surface area contributed by atoms with Crippen LogP contribution in [0, 0.1) is 24.1 Å². The van der Waals surface area contributed by atoms with Crippen LogP contribution in [0.2, 0.25) is 0 Å². The Kier molecular flexibility index (Phi) is 3.86. The van der Waals surface area contributed by atoms with Gasteiger partial charge in [-0.05, 0) is 50.7 Å². The lowest BCUT2D eigenvalue weighted by molar-refractivity contribution is 0.111. The lowest BCUT2D eigenvalue weighted by Crippen LogP contribution is -2.50. The number of hydrogen-bond acceptors (Lipinski definition) is 3. The third-order valence-corrected chi connectivity index (χ3v) is 4.42. The maximum Gasteiger partial charge on any atom is 0.126 e. The Morgan fingerprint density at radius 2 is 2.19 bits per heavy atom. The van der Waals surface area contributed by atoms with E-state index in [4.69, 9.17) is 4.74 Å². The number of hydrogen-bond donors (Lipinski definition) is 1. The average Bonchev–Trinajstić information content (AvgIpc) is 3.27. The summed E-state index contributed by atoms with van der Waals surface area (Å²) in [5.74, 6) is 0.314. The van der Waals surface area contributed by atoms with E-state index in [1.54, 1.807) is 6.07 Å². The summed E-state index contributed by atoms with van der Waals surface area (Å²) < 4.78 is 19.4. The fourth-order valence-corrected chi connectivity index (χ4v) is 3.09. The molecule has 2 aliphatic rings. The van der Waals surface area contributed by atoms with E-state index in [9.17, 15) is 9.65 Å². The van der Waals surface area contributed by atoms with Crippen LogP contribution >= 0.6 is 0 Å². The lowest BCUT2D eigenvalue weighted by atomic mass is 9.81. The number of ether oxygens (including phenoxy) is 1. The molecule has 2 atom stereocenters. The molecule has 2 unspecified atom stereocenters. The Morgan fingerprint density at radius 1 is 1.38 bits per heavy atom. The van der Waals surface area contributed by atoms with Crippen LogP contribution in [0.1, 0.15) is 44.1 Å². The standard InChI is InChI=1S/C17H21FN2O/c1-12-4-5-13(18)9-16(12)21-15-3-2-8-17(10-15,11-19)20-14-6-7-14/h4-5,9,14-15,20H,2-3,6-8,10H2,1H3. The minimum absolute atomic E-state index is 0.0230. The predicted octanol–water partition coefficient (Wildman–Crippen LogP) is 3.47. The van der Waals surface area contributed by atoms with Crippen LogP contribution in [0.4, 0.5) is 4.39 Å². The second-order valence-corrected chi connectivity index (χ2v) is 6.36. The van der Waals surface area contributed by atoms with E-state index in [1.165, 1.54) is 12.1 Å². The number of aryl methyl sites for hydroxylation is 1. The van der Waals surface area contributed by atoms with Crippen molar-refractivity contribution in [3.63, 3.8) is 0 Å². The SMILES string of the molecule is Cc1ccc(F)cc1OC1CCCC(C#N)(NC2CC2)C1. The summed E-state index contributed by atoms with van der Waals surface area (Å²) in [7, 11) is 0. The highest BCUT2D eigenvalue weighted by atomic mass is 19.1. The molecule has 0 amide bonds. The van der Waals surface area contributed by atoms with Crippen molar-refractivity contribution < 1.29 is 9.13 Å². The zero-order valence-corrected chi connectivity index (χ0v) is 12.4. The van der Waals surface area contributed by atoms with Crippen LogP contribution in [0.25, 0.3) is 0 Å². The first-order valence-electron chi connectivity index (χ1n) is 7.72. The number of benzene rings is 1. The summed E-state index contributed by atoms with van der Waals surface area (Å²) in [5, 5.41) is 13.1. The van der Waals surface area contributed by atoms with Gasteiger partial charge in [0, 0.05) is 18.5 Å². The summed E-state index contributed by atoms with van der Waals surface area (Å²) in [4.78, 5) is 0. The number of halogens is 1. The molecule has 3 nitrogen and oxygen atoms in total. The fourth-order valence-electron chi connectivity index (χ4n) is 3.09. The van der Waals surface area contributed by atoms with Gasteiger partial charge in [0.15, 0.2) is 0 Å². The van der Waals surface area contributed by atoms with Gasteiger partial charge in [0.05, 0.1) is 6.07 Å². The summed E-state index contributed by atoms with van der Waals surface area (Å²) >= 11 is 0. The predicted molar refractivity (Wildman–Crippen MR) is 78.5 cm³/mol. The van der Waals surface area contributed by atoms with E-state index in [0.717, 1.165) is 37.7 Å². The first-order valence-corrected chi connectivity index (χ1v) is 7.72. The monoisotopic (exact) mass is 288 g/mol. The molecule has 1 N–H and O–H groups in total. The Morgan fingerprint density at radius 3 is 2.90 bits per heavy atom. The molecule has 112 valence electrons. The van der Waals surface area contributed by atoms with Crippen molar-refractivity contribution >= 4 is 0 Å². The largest absolute Gasteiger partial charge is 0.490 e. The molecule has 2 fully saturated rings. The van der Waals surface area contributed by atoms with Gasteiger partial charge in [0.25, 0.3) is 0 Å². The van der Waals surface area contributed by atoms with E-state index in [1.807, 2.05) is 6.92 Å². The van der Waals surface area contributed by atoms with Crippen LogP contribution in [0.3, 0.4) is 0 Å². The van der Waals surface area contributed by atoms with Crippen molar-refractivity contribution in [3.8, 4) is 11.8 Å². The highest BCUT2D eigenvalue weighted by Gasteiger charge is 2.41. The fraction of sp³-hybridized carbons (Fsp3) is 0.588. The van der Waals surface area contributed by atoms with E-state index in [2.05, 4.69) is 11.4 Å². The molecule has 0 saturated heterocycles. The van der Waals surface area contributed by atoms with Crippen LogP contribution in [0.5, 0.6) is 5.75 Å². The highest BCUT2D eigenvalue weighted by Crippen LogP contribution is 2.34. The summed E-state index contributed by atoms with van der Waals surface area (Å²) in [6.07, 6.45) is 5.75.